The fourth-order valence-electron chi connectivity index (χ4n) is 2.73. The SMILES string of the molecule is C(=C\c1cnc([N-][n+]2ccccc2)c(/C=C/c2ccccc2)n1)/c1ccccc1. The van der Waals surface area contributed by atoms with Gasteiger partial charge in [-0.1, -0.05) is 85.1 Å². The van der Waals surface area contributed by atoms with Crippen LogP contribution in [0.5, 0.6) is 0 Å². The molecule has 2 aromatic carbocycles. The average molecular weight is 376 g/mol. The van der Waals surface area contributed by atoms with Crippen LogP contribution in [0.2, 0.25) is 0 Å². The molecule has 0 aliphatic heterocycles. The number of pyridine rings is 1. The summed E-state index contributed by atoms with van der Waals surface area (Å²) in [6, 6.07) is 26.0. The lowest BCUT2D eigenvalue weighted by atomic mass is 10.2. The molecule has 0 N–H and O–H groups in total. The van der Waals surface area contributed by atoms with Crippen LogP contribution < -0.4 is 4.68 Å². The van der Waals surface area contributed by atoms with Gasteiger partial charge in [-0.05, 0) is 23.3 Å². The van der Waals surface area contributed by atoms with Gasteiger partial charge in [0.1, 0.15) is 0 Å². The third-order valence-corrected chi connectivity index (χ3v) is 4.19. The van der Waals surface area contributed by atoms with Crippen LogP contribution in [0.25, 0.3) is 29.7 Å². The molecule has 4 rings (SSSR count). The smallest absolute Gasteiger partial charge is 0.182 e. The van der Waals surface area contributed by atoms with Crippen molar-refractivity contribution in [3.63, 3.8) is 0 Å². The lowest BCUT2D eigenvalue weighted by molar-refractivity contribution is -0.619. The summed E-state index contributed by atoms with van der Waals surface area (Å²) in [7, 11) is 0. The molecule has 0 atom stereocenters. The predicted octanol–water partition coefficient (Wildman–Crippen LogP) is 5.57. The fourth-order valence-corrected chi connectivity index (χ4v) is 2.73. The number of aromatic nitrogens is 3. The van der Waals surface area contributed by atoms with Gasteiger partial charge in [0.15, 0.2) is 12.4 Å². The van der Waals surface area contributed by atoms with Gasteiger partial charge in [-0.25, -0.2) is 4.98 Å². The first kappa shape index (κ1) is 18.3. The number of nitrogens with zero attached hydrogens (tertiary/aromatic N) is 4. The zero-order valence-corrected chi connectivity index (χ0v) is 15.8. The van der Waals surface area contributed by atoms with Crippen molar-refractivity contribution in [1.29, 1.82) is 0 Å². The van der Waals surface area contributed by atoms with Gasteiger partial charge in [0.25, 0.3) is 0 Å². The second-order valence-corrected chi connectivity index (χ2v) is 6.35. The largest absolute Gasteiger partial charge is 0.435 e. The maximum atomic E-state index is 4.76. The second kappa shape index (κ2) is 9.24. The minimum Gasteiger partial charge on any atom is -0.435 e. The van der Waals surface area contributed by atoms with Gasteiger partial charge in [0.2, 0.25) is 0 Å². The van der Waals surface area contributed by atoms with E-state index < -0.39 is 0 Å². The molecule has 0 radical (unpaired) electrons. The Hall–Kier alpha value is -4.05. The van der Waals surface area contributed by atoms with Crippen molar-refractivity contribution in [3.05, 3.63) is 125 Å². The van der Waals surface area contributed by atoms with Gasteiger partial charge in [-0.2, -0.15) is 10.1 Å². The van der Waals surface area contributed by atoms with E-state index in [2.05, 4.69) is 22.5 Å². The van der Waals surface area contributed by atoms with Crippen molar-refractivity contribution in [2.24, 2.45) is 0 Å². The van der Waals surface area contributed by atoms with E-state index in [9.17, 15) is 0 Å². The van der Waals surface area contributed by atoms with Crippen LogP contribution in [0.4, 0.5) is 5.82 Å². The van der Waals surface area contributed by atoms with Gasteiger partial charge < -0.3 is 4.98 Å². The van der Waals surface area contributed by atoms with Crippen molar-refractivity contribution < 1.29 is 4.68 Å². The molecular weight excluding hydrogens is 356 g/mol. The Labute approximate surface area is 170 Å². The summed E-state index contributed by atoms with van der Waals surface area (Å²) in [4.78, 5) is 9.30. The quantitative estimate of drug-likeness (QED) is 0.413. The van der Waals surface area contributed by atoms with Crippen LogP contribution in [-0.2, 0) is 0 Å². The van der Waals surface area contributed by atoms with Crippen molar-refractivity contribution in [2.75, 3.05) is 0 Å². The number of benzene rings is 2. The Morgan fingerprint density at radius 1 is 0.655 bits per heavy atom. The molecule has 0 aliphatic rings. The molecule has 29 heavy (non-hydrogen) atoms. The van der Waals surface area contributed by atoms with Gasteiger partial charge in [-0.3, -0.25) is 0 Å². The van der Waals surface area contributed by atoms with Crippen molar-refractivity contribution >= 4 is 30.1 Å². The summed E-state index contributed by atoms with van der Waals surface area (Å²) >= 11 is 0. The summed E-state index contributed by atoms with van der Waals surface area (Å²) < 4.78 is 1.73. The molecule has 2 heterocycles. The molecule has 0 amide bonds. The average Bonchev–Trinajstić information content (AvgIpc) is 2.79. The predicted molar refractivity (Wildman–Crippen MR) is 118 cm³/mol. The Morgan fingerprint density at radius 2 is 1.24 bits per heavy atom. The monoisotopic (exact) mass is 376 g/mol. The third-order valence-electron chi connectivity index (χ3n) is 4.19. The summed E-state index contributed by atoms with van der Waals surface area (Å²) in [6.07, 6.45) is 13.4. The molecule has 0 aliphatic carbocycles. The molecule has 0 unspecified atom stereocenters. The Morgan fingerprint density at radius 3 is 1.90 bits per heavy atom. The van der Waals surface area contributed by atoms with E-state index in [0.717, 1.165) is 16.8 Å². The summed E-state index contributed by atoms with van der Waals surface area (Å²) in [5.74, 6) is 0.560. The van der Waals surface area contributed by atoms with E-state index in [1.54, 1.807) is 10.9 Å². The highest BCUT2D eigenvalue weighted by atomic mass is 15.4. The Bertz CT molecular complexity index is 1110. The molecule has 2 aromatic heterocycles. The second-order valence-electron chi connectivity index (χ2n) is 6.35. The van der Waals surface area contributed by atoms with E-state index in [0.29, 0.717) is 11.5 Å². The molecule has 4 aromatic rings. The van der Waals surface area contributed by atoms with Crippen LogP contribution in [0.3, 0.4) is 0 Å². The van der Waals surface area contributed by atoms with E-state index in [1.807, 2.05) is 103 Å². The normalized spacial score (nSPS) is 11.2. The van der Waals surface area contributed by atoms with Gasteiger partial charge >= 0.3 is 0 Å². The lowest BCUT2D eigenvalue weighted by Crippen LogP contribution is -2.26. The molecular formula is C25H20N4. The van der Waals surface area contributed by atoms with E-state index in [-0.39, 0.29) is 0 Å². The number of rotatable bonds is 6. The summed E-state index contributed by atoms with van der Waals surface area (Å²) in [5, 5.41) is 0. The molecule has 140 valence electrons. The van der Waals surface area contributed by atoms with Gasteiger partial charge in [-0.15, -0.1) is 0 Å². The van der Waals surface area contributed by atoms with Crippen molar-refractivity contribution in [1.82, 2.24) is 9.97 Å². The molecule has 0 bridgehead atoms. The maximum absolute atomic E-state index is 4.76. The van der Waals surface area contributed by atoms with Crippen LogP contribution in [0, 0.1) is 0 Å². The summed E-state index contributed by atoms with van der Waals surface area (Å²) in [5.41, 5.74) is 8.28. The van der Waals surface area contributed by atoms with Crippen LogP contribution >= 0.6 is 0 Å². The fraction of sp³-hybridized carbons (Fsp3) is 0. The van der Waals surface area contributed by atoms with E-state index in [1.165, 1.54) is 0 Å². The third kappa shape index (κ3) is 5.23. The first-order valence-electron chi connectivity index (χ1n) is 9.38. The zero-order chi connectivity index (χ0) is 19.7. The highest BCUT2D eigenvalue weighted by molar-refractivity contribution is 5.75. The maximum Gasteiger partial charge on any atom is 0.182 e. The first-order chi connectivity index (χ1) is 14.4. The highest BCUT2D eigenvalue weighted by Crippen LogP contribution is 2.20. The molecule has 4 heteroatoms. The first-order valence-corrected chi connectivity index (χ1v) is 9.38. The standard InChI is InChI=1S/C25H20N4/c1-4-10-21(11-5-1)14-16-23-20-26-25(28-29-18-8-3-9-19-29)24(27-23)17-15-22-12-6-2-7-13-22/h1-20H/b16-14+,17-15+. The van der Waals surface area contributed by atoms with E-state index in [4.69, 9.17) is 4.98 Å². The number of hydrogen-bond donors (Lipinski definition) is 0. The summed E-state index contributed by atoms with van der Waals surface area (Å²) in [6.45, 7) is 0. The Balaban J connectivity index is 1.65. The van der Waals surface area contributed by atoms with Crippen LogP contribution in [0.1, 0.15) is 22.5 Å². The van der Waals surface area contributed by atoms with Gasteiger partial charge in [0.05, 0.1) is 11.4 Å². The number of hydrogen-bond acceptors (Lipinski definition) is 2. The van der Waals surface area contributed by atoms with Gasteiger partial charge in [0, 0.05) is 18.0 Å². The van der Waals surface area contributed by atoms with E-state index >= 15 is 0 Å². The molecule has 0 saturated heterocycles. The van der Waals surface area contributed by atoms with Crippen molar-refractivity contribution in [2.45, 2.75) is 0 Å². The molecule has 4 nitrogen and oxygen atoms in total. The van der Waals surface area contributed by atoms with Crippen molar-refractivity contribution in [3.8, 4) is 0 Å². The minimum atomic E-state index is 0.560. The Kier molecular flexibility index (Phi) is 5.84. The molecule has 0 fully saturated rings. The van der Waals surface area contributed by atoms with Crippen LogP contribution in [-0.4, -0.2) is 9.97 Å². The topological polar surface area (TPSA) is 43.8 Å². The molecule has 0 saturated carbocycles. The lowest BCUT2D eigenvalue weighted by Gasteiger charge is -2.12. The molecule has 0 spiro atoms. The van der Waals surface area contributed by atoms with Crippen LogP contribution in [0.15, 0.2) is 97.5 Å². The minimum absolute atomic E-state index is 0.560. The zero-order valence-electron chi connectivity index (χ0n) is 15.8. The highest BCUT2D eigenvalue weighted by Gasteiger charge is 2.01.